The van der Waals surface area contributed by atoms with E-state index in [-0.39, 0.29) is 11.9 Å². The summed E-state index contributed by atoms with van der Waals surface area (Å²) in [4.78, 5) is 0. The van der Waals surface area contributed by atoms with Crippen LogP contribution in [0.4, 0.5) is 4.39 Å². The highest BCUT2D eigenvalue weighted by atomic mass is 79.9. The molecule has 0 aliphatic heterocycles. The zero-order valence-electron chi connectivity index (χ0n) is 9.53. The summed E-state index contributed by atoms with van der Waals surface area (Å²) in [7, 11) is 0. The van der Waals surface area contributed by atoms with Crippen molar-refractivity contribution < 1.29 is 4.39 Å². The Morgan fingerprint density at radius 1 is 1.41 bits per heavy atom. The van der Waals surface area contributed by atoms with E-state index in [0.29, 0.717) is 6.54 Å². The van der Waals surface area contributed by atoms with E-state index in [2.05, 4.69) is 15.9 Å². The first-order valence-corrected chi connectivity index (χ1v) is 6.21. The van der Waals surface area contributed by atoms with Gasteiger partial charge in [-0.3, -0.25) is 0 Å². The Morgan fingerprint density at radius 3 is 2.76 bits per heavy atom. The van der Waals surface area contributed by atoms with Gasteiger partial charge in [0.15, 0.2) is 0 Å². The van der Waals surface area contributed by atoms with Crippen LogP contribution in [0.15, 0.2) is 41.1 Å². The number of benzene rings is 1. The summed E-state index contributed by atoms with van der Waals surface area (Å²) < 4.78 is 15.8. The van der Waals surface area contributed by atoms with Crippen molar-refractivity contribution in [1.82, 2.24) is 4.57 Å². The fraction of sp³-hybridized carbons (Fsp3) is 0.231. The van der Waals surface area contributed by atoms with E-state index >= 15 is 0 Å². The maximum Gasteiger partial charge on any atom is 0.124 e. The maximum atomic E-state index is 12.9. The van der Waals surface area contributed by atoms with Crippen LogP contribution >= 0.6 is 15.9 Å². The zero-order chi connectivity index (χ0) is 12.4. The first-order chi connectivity index (χ1) is 8.06. The van der Waals surface area contributed by atoms with E-state index in [0.717, 1.165) is 15.6 Å². The SMILES string of the molecule is CC(N)c1ccn(Cc2ccc(F)cc2Br)c1. The van der Waals surface area contributed by atoms with Crippen molar-refractivity contribution >= 4 is 15.9 Å². The summed E-state index contributed by atoms with van der Waals surface area (Å²) in [5.41, 5.74) is 7.94. The van der Waals surface area contributed by atoms with Gasteiger partial charge in [0.2, 0.25) is 0 Å². The normalized spacial score (nSPS) is 12.7. The molecule has 1 unspecified atom stereocenters. The molecule has 0 aliphatic rings. The van der Waals surface area contributed by atoms with E-state index in [1.165, 1.54) is 12.1 Å². The van der Waals surface area contributed by atoms with Crippen molar-refractivity contribution in [2.24, 2.45) is 5.73 Å². The molecule has 1 atom stereocenters. The maximum absolute atomic E-state index is 12.9. The second-order valence-corrected chi connectivity index (χ2v) is 5.00. The van der Waals surface area contributed by atoms with Gasteiger partial charge in [0.1, 0.15) is 5.82 Å². The van der Waals surface area contributed by atoms with E-state index < -0.39 is 0 Å². The Balaban J connectivity index is 2.19. The molecule has 2 aromatic rings. The Hall–Kier alpha value is -1.13. The third kappa shape index (κ3) is 2.96. The largest absolute Gasteiger partial charge is 0.350 e. The van der Waals surface area contributed by atoms with Gasteiger partial charge in [-0.2, -0.15) is 0 Å². The Kier molecular flexibility index (Phi) is 3.64. The minimum Gasteiger partial charge on any atom is -0.350 e. The molecule has 2 nitrogen and oxygen atoms in total. The topological polar surface area (TPSA) is 30.9 Å². The van der Waals surface area contributed by atoms with Crippen molar-refractivity contribution in [3.05, 3.63) is 58.1 Å². The first-order valence-electron chi connectivity index (χ1n) is 5.41. The van der Waals surface area contributed by atoms with Crippen molar-refractivity contribution in [3.63, 3.8) is 0 Å². The average molecular weight is 297 g/mol. The highest BCUT2D eigenvalue weighted by Gasteiger charge is 2.05. The number of nitrogens with zero attached hydrogens (tertiary/aromatic N) is 1. The van der Waals surface area contributed by atoms with Crippen LogP contribution in [0.2, 0.25) is 0 Å². The molecule has 1 aromatic heterocycles. The van der Waals surface area contributed by atoms with Gasteiger partial charge >= 0.3 is 0 Å². The Bertz CT molecular complexity index is 520. The fourth-order valence-electron chi connectivity index (χ4n) is 1.67. The molecule has 90 valence electrons. The van der Waals surface area contributed by atoms with Gasteiger partial charge in [-0.25, -0.2) is 4.39 Å². The highest BCUT2D eigenvalue weighted by Crippen LogP contribution is 2.20. The Morgan fingerprint density at radius 2 is 2.18 bits per heavy atom. The number of hydrogen-bond donors (Lipinski definition) is 1. The molecule has 1 heterocycles. The first kappa shape index (κ1) is 12.3. The second-order valence-electron chi connectivity index (χ2n) is 4.14. The van der Waals surface area contributed by atoms with Crippen LogP contribution in [0.5, 0.6) is 0 Å². The van der Waals surface area contributed by atoms with Gasteiger partial charge in [-0.1, -0.05) is 22.0 Å². The van der Waals surface area contributed by atoms with E-state index in [1.807, 2.05) is 30.0 Å². The quantitative estimate of drug-likeness (QED) is 0.924. The van der Waals surface area contributed by atoms with E-state index in [9.17, 15) is 4.39 Å². The van der Waals surface area contributed by atoms with Crippen molar-refractivity contribution in [2.75, 3.05) is 0 Å². The molecule has 2 N–H and O–H groups in total. The van der Waals surface area contributed by atoms with Gasteiger partial charge in [0.05, 0.1) is 0 Å². The molecular formula is C13H14BrFN2. The number of hydrogen-bond acceptors (Lipinski definition) is 1. The summed E-state index contributed by atoms with van der Waals surface area (Å²) in [5, 5.41) is 0. The van der Waals surface area contributed by atoms with Gasteiger partial charge in [0.25, 0.3) is 0 Å². The summed E-state index contributed by atoms with van der Waals surface area (Å²) in [6, 6.07) is 6.77. The molecule has 4 heteroatoms. The average Bonchev–Trinajstić information content (AvgIpc) is 2.71. The smallest absolute Gasteiger partial charge is 0.124 e. The number of nitrogens with two attached hydrogens (primary N) is 1. The van der Waals surface area contributed by atoms with Gasteiger partial charge in [0, 0.05) is 29.5 Å². The van der Waals surface area contributed by atoms with Crippen LogP contribution < -0.4 is 5.73 Å². The van der Waals surface area contributed by atoms with E-state index in [4.69, 9.17) is 5.73 Å². The van der Waals surface area contributed by atoms with Crippen LogP contribution in [0.25, 0.3) is 0 Å². The third-order valence-electron chi connectivity index (χ3n) is 2.67. The van der Waals surface area contributed by atoms with Gasteiger partial charge < -0.3 is 10.3 Å². The van der Waals surface area contributed by atoms with Crippen LogP contribution in [-0.4, -0.2) is 4.57 Å². The third-order valence-corrected chi connectivity index (χ3v) is 3.41. The van der Waals surface area contributed by atoms with Crippen LogP contribution in [0.1, 0.15) is 24.1 Å². The molecule has 0 saturated heterocycles. The molecule has 0 spiro atoms. The second kappa shape index (κ2) is 5.02. The molecule has 0 bridgehead atoms. The lowest BCUT2D eigenvalue weighted by Gasteiger charge is -2.06. The number of aromatic nitrogens is 1. The molecule has 0 amide bonds. The molecule has 0 radical (unpaired) electrons. The summed E-state index contributed by atoms with van der Waals surface area (Å²) in [6.45, 7) is 2.65. The van der Waals surface area contributed by atoms with Crippen molar-refractivity contribution in [1.29, 1.82) is 0 Å². The minimum absolute atomic E-state index is 0.0351. The molecule has 0 saturated carbocycles. The lowest BCUT2D eigenvalue weighted by Crippen LogP contribution is -2.04. The summed E-state index contributed by atoms with van der Waals surface area (Å²) in [5.74, 6) is -0.232. The molecule has 0 fully saturated rings. The monoisotopic (exact) mass is 296 g/mol. The molecule has 0 aliphatic carbocycles. The fourth-order valence-corrected chi connectivity index (χ4v) is 2.15. The van der Waals surface area contributed by atoms with E-state index in [1.54, 1.807) is 6.07 Å². The van der Waals surface area contributed by atoms with Crippen LogP contribution in [0, 0.1) is 5.82 Å². The predicted molar refractivity (Wildman–Crippen MR) is 70.2 cm³/mol. The molecule has 1 aromatic carbocycles. The van der Waals surface area contributed by atoms with Crippen molar-refractivity contribution in [2.45, 2.75) is 19.5 Å². The number of halogens is 2. The Labute approximate surface area is 108 Å². The minimum atomic E-state index is -0.232. The lowest BCUT2D eigenvalue weighted by molar-refractivity contribution is 0.625. The zero-order valence-corrected chi connectivity index (χ0v) is 11.1. The summed E-state index contributed by atoms with van der Waals surface area (Å²) in [6.07, 6.45) is 3.99. The van der Waals surface area contributed by atoms with Gasteiger partial charge in [-0.05, 0) is 36.2 Å². The van der Waals surface area contributed by atoms with Crippen molar-refractivity contribution in [3.8, 4) is 0 Å². The lowest BCUT2D eigenvalue weighted by atomic mass is 10.2. The van der Waals surface area contributed by atoms with Crippen LogP contribution in [-0.2, 0) is 6.54 Å². The summed E-state index contributed by atoms with van der Waals surface area (Å²) >= 11 is 3.36. The molecular weight excluding hydrogens is 283 g/mol. The van der Waals surface area contributed by atoms with Gasteiger partial charge in [-0.15, -0.1) is 0 Å². The molecule has 17 heavy (non-hydrogen) atoms. The predicted octanol–water partition coefficient (Wildman–Crippen LogP) is 3.46. The van der Waals surface area contributed by atoms with Crippen LogP contribution in [0.3, 0.4) is 0 Å². The highest BCUT2D eigenvalue weighted by molar-refractivity contribution is 9.10. The molecule has 2 rings (SSSR count). The number of rotatable bonds is 3. The standard InChI is InChI=1S/C13H14BrFN2/c1-9(16)10-4-5-17(7-10)8-11-2-3-12(15)6-13(11)14/h2-7,9H,8,16H2,1H3.